The summed E-state index contributed by atoms with van der Waals surface area (Å²) < 4.78 is 36.5. The summed E-state index contributed by atoms with van der Waals surface area (Å²) in [5.74, 6) is -2.49. The summed E-state index contributed by atoms with van der Waals surface area (Å²) in [4.78, 5) is 23.0. The molecule has 0 atom stereocenters. The van der Waals surface area contributed by atoms with Gasteiger partial charge in [0.2, 0.25) is 0 Å². The van der Waals surface area contributed by atoms with Gasteiger partial charge in [-0.25, -0.2) is 0 Å². The van der Waals surface area contributed by atoms with Crippen molar-refractivity contribution in [1.29, 1.82) is 0 Å². The van der Waals surface area contributed by atoms with Gasteiger partial charge in [-0.15, -0.1) is 0 Å². The molecule has 25 heavy (non-hydrogen) atoms. The minimum atomic E-state index is -4.94. The maximum atomic E-state index is 12.2. The Bertz CT molecular complexity index is 810. The van der Waals surface area contributed by atoms with Crippen molar-refractivity contribution in [2.45, 2.75) is 12.7 Å². The minimum absolute atomic E-state index is 0.220. The standard InChI is InChI=1S/C16H11Cl2F3N2O2/c17-12-5-4-10(7-13(12)18)14(24)23-11-3-1-2-9(6-11)8-22-15(25)16(19,20)21/h1-7H,8H2,(H,22,25)(H,23,24). The molecule has 0 aliphatic rings. The fraction of sp³-hybridized carbons (Fsp3) is 0.125. The summed E-state index contributed by atoms with van der Waals surface area (Å²) in [6.45, 7) is -0.325. The van der Waals surface area contributed by atoms with Crippen molar-refractivity contribution in [1.82, 2.24) is 5.32 Å². The lowest BCUT2D eigenvalue weighted by Crippen LogP contribution is -2.36. The summed E-state index contributed by atoms with van der Waals surface area (Å²) >= 11 is 11.6. The first kappa shape index (κ1) is 19.1. The van der Waals surface area contributed by atoms with Crippen LogP contribution in [0.3, 0.4) is 0 Å². The number of carbonyl (C=O) groups is 2. The van der Waals surface area contributed by atoms with Crippen LogP contribution in [-0.2, 0) is 11.3 Å². The van der Waals surface area contributed by atoms with Crippen LogP contribution in [0.5, 0.6) is 0 Å². The molecule has 0 spiro atoms. The summed E-state index contributed by atoms with van der Waals surface area (Å²) in [7, 11) is 0. The number of hydrogen-bond acceptors (Lipinski definition) is 2. The van der Waals surface area contributed by atoms with E-state index in [9.17, 15) is 22.8 Å². The quantitative estimate of drug-likeness (QED) is 0.811. The van der Waals surface area contributed by atoms with Crippen LogP contribution in [-0.4, -0.2) is 18.0 Å². The Morgan fingerprint density at radius 2 is 1.72 bits per heavy atom. The molecule has 0 bridgehead atoms. The predicted molar refractivity (Wildman–Crippen MR) is 88.8 cm³/mol. The van der Waals surface area contributed by atoms with E-state index in [0.29, 0.717) is 16.3 Å². The van der Waals surface area contributed by atoms with Crippen LogP contribution in [0.25, 0.3) is 0 Å². The van der Waals surface area contributed by atoms with Crippen molar-refractivity contribution in [3.8, 4) is 0 Å². The van der Waals surface area contributed by atoms with E-state index in [1.807, 2.05) is 0 Å². The number of benzene rings is 2. The second-order valence-corrected chi connectivity index (χ2v) is 5.78. The fourth-order valence-electron chi connectivity index (χ4n) is 1.88. The third kappa shape index (κ3) is 5.37. The zero-order valence-corrected chi connectivity index (χ0v) is 14.0. The molecule has 0 fully saturated rings. The summed E-state index contributed by atoms with van der Waals surface area (Å²) in [5.41, 5.74) is 1.02. The van der Waals surface area contributed by atoms with Crippen LogP contribution in [0.15, 0.2) is 42.5 Å². The number of anilines is 1. The van der Waals surface area contributed by atoms with Gasteiger partial charge in [-0.3, -0.25) is 9.59 Å². The Hall–Kier alpha value is -2.25. The molecule has 0 saturated carbocycles. The van der Waals surface area contributed by atoms with Gasteiger partial charge in [-0.05, 0) is 35.9 Å². The van der Waals surface area contributed by atoms with Gasteiger partial charge in [-0.1, -0.05) is 35.3 Å². The second kappa shape index (κ2) is 7.76. The topological polar surface area (TPSA) is 58.2 Å². The lowest BCUT2D eigenvalue weighted by molar-refractivity contribution is -0.173. The number of carbonyl (C=O) groups excluding carboxylic acids is 2. The fourth-order valence-corrected chi connectivity index (χ4v) is 2.18. The van der Waals surface area contributed by atoms with Gasteiger partial charge in [0.25, 0.3) is 5.91 Å². The van der Waals surface area contributed by atoms with Gasteiger partial charge in [0, 0.05) is 17.8 Å². The first-order chi connectivity index (χ1) is 11.7. The molecule has 0 heterocycles. The van der Waals surface area contributed by atoms with Gasteiger partial charge in [0.1, 0.15) is 0 Å². The Labute approximate surface area is 150 Å². The van der Waals surface area contributed by atoms with Crippen molar-refractivity contribution >= 4 is 40.7 Å². The molecule has 2 rings (SSSR count). The molecular formula is C16H11Cl2F3N2O2. The van der Waals surface area contributed by atoms with E-state index >= 15 is 0 Å². The molecule has 9 heteroatoms. The number of amides is 2. The Kier molecular flexibility index (Phi) is 5.92. The smallest absolute Gasteiger partial charge is 0.344 e. The van der Waals surface area contributed by atoms with Crippen LogP contribution in [0.2, 0.25) is 10.0 Å². The van der Waals surface area contributed by atoms with Gasteiger partial charge in [0.15, 0.2) is 0 Å². The monoisotopic (exact) mass is 390 g/mol. The van der Waals surface area contributed by atoms with Gasteiger partial charge < -0.3 is 10.6 Å². The number of hydrogen-bond donors (Lipinski definition) is 2. The van der Waals surface area contributed by atoms with E-state index in [0.717, 1.165) is 0 Å². The minimum Gasteiger partial charge on any atom is -0.344 e. The van der Waals surface area contributed by atoms with Gasteiger partial charge in [-0.2, -0.15) is 13.2 Å². The number of alkyl halides is 3. The predicted octanol–water partition coefficient (Wildman–Crippen LogP) is 4.42. The molecule has 0 aliphatic carbocycles. The SMILES string of the molecule is O=C(Nc1cccc(CNC(=O)C(F)(F)F)c1)c1ccc(Cl)c(Cl)c1. The molecule has 132 valence electrons. The van der Waals surface area contributed by atoms with Crippen LogP contribution < -0.4 is 10.6 Å². The van der Waals surface area contributed by atoms with Gasteiger partial charge in [0.05, 0.1) is 10.0 Å². The van der Waals surface area contributed by atoms with E-state index < -0.39 is 18.0 Å². The van der Waals surface area contributed by atoms with E-state index in [1.54, 1.807) is 17.4 Å². The van der Waals surface area contributed by atoms with Crippen LogP contribution in [0.1, 0.15) is 15.9 Å². The lowest BCUT2D eigenvalue weighted by atomic mass is 10.1. The van der Waals surface area contributed by atoms with E-state index in [4.69, 9.17) is 23.2 Å². The molecule has 2 N–H and O–H groups in total. The van der Waals surface area contributed by atoms with Crippen molar-refractivity contribution in [2.75, 3.05) is 5.32 Å². The zero-order valence-electron chi connectivity index (χ0n) is 12.5. The largest absolute Gasteiger partial charge is 0.471 e. The maximum absolute atomic E-state index is 12.2. The molecule has 0 radical (unpaired) electrons. The van der Waals surface area contributed by atoms with Crippen molar-refractivity contribution in [3.63, 3.8) is 0 Å². The Morgan fingerprint density at radius 3 is 2.36 bits per heavy atom. The normalized spacial score (nSPS) is 11.1. The third-order valence-electron chi connectivity index (χ3n) is 3.08. The third-order valence-corrected chi connectivity index (χ3v) is 3.82. The highest BCUT2D eigenvalue weighted by Gasteiger charge is 2.38. The summed E-state index contributed by atoms with van der Waals surface area (Å²) in [6, 6.07) is 10.4. The molecular weight excluding hydrogens is 380 g/mol. The second-order valence-electron chi connectivity index (χ2n) is 4.96. The van der Waals surface area contributed by atoms with E-state index in [-0.39, 0.29) is 17.1 Å². The van der Waals surface area contributed by atoms with Crippen LogP contribution >= 0.6 is 23.2 Å². The van der Waals surface area contributed by atoms with Crippen molar-refractivity contribution in [3.05, 3.63) is 63.6 Å². The van der Waals surface area contributed by atoms with E-state index in [2.05, 4.69) is 5.32 Å². The molecule has 0 unspecified atom stereocenters. The highest BCUT2D eigenvalue weighted by Crippen LogP contribution is 2.23. The molecule has 0 saturated heterocycles. The number of rotatable bonds is 4. The lowest BCUT2D eigenvalue weighted by Gasteiger charge is -2.10. The first-order valence-corrected chi connectivity index (χ1v) is 7.63. The average Bonchev–Trinajstić information content (AvgIpc) is 2.54. The molecule has 2 amide bonds. The van der Waals surface area contributed by atoms with Gasteiger partial charge >= 0.3 is 12.1 Å². The highest BCUT2D eigenvalue weighted by molar-refractivity contribution is 6.42. The molecule has 2 aromatic rings. The molecule has 4 nitrogen and oxygen atoms in total. The van der Waals surface area contributed by atoms with Crippen molar-refractivity contribution < 1.29 is 22.8 Å². The van der Waals surface area contributed by atoms with Crippen molar-refractivity contribution in [2.24, 2.45) is 0 Å². The average molecular weight is 391 g/mol. The first-order valence-electron chi connectivity index (χ1n) is 6.87. The van der Waals surface area contributed by atoms with Crippen LogP contribution in [0.4, 0.5) is 18.9 Å². The zero-order chi connectivity index (χ0) is 18.6. The summed E-state index contributed by atoms with van der Waals surface area (Å²) in [6.07, 6.45) is -4.94. The van der Waals surface area contributed by atoms with Crippen LogP contribution in [0, 0.1) is 0 Å². The maximum Gasteiger partial charge on any atom is 0.471 e. The molecule has 0 aliphatic heterocycles. The number of halogens is 5. The summed E-state index contributed by atoms with van der Waals surface area (Å²) in [5, 5.41) is 4.87. The molecule has 2 aromatic carbocycles. The molecule has 0 aromatic heterocycles. The van der Waals surface area contributed by atoms with E-state index in [1.165, 1.54) is 30.3 Å². The Morgan fingerprint density at radius 1 is 1.00 bits per heavy atom. The number of nitrogens with one attached hydrogen (secondary N) is 2. The highest BCUT2D eigenvalue weighted by atomic mass is 35.5. The Balaban J connectivity index is 2.04.